The molecule has 0 fully saturated rings. The number of halogens is 1. The zero-order chi connectivity index (χ0) is 16.8. The lowest BCUT2D eigenvalue weighted by molar-refractivity contribution is -0.122. The zero-order valence-electron chi connectivity index (χ0n) is 13.1. The molecule has 0 saturated heterocycles. The van der Waals surface area contributed by atoms with Crippen LogP contribution >= 0.6 is 34.7 Å². The highest BCUT2D eigenvalue weighted by Crippen LogP contribution is 2.28. The summed E-state index contributed by atoms with van der Waals surface area (Å²) in [4.78, 5) is 12.3. The Labute approximate surface area is 148 Å². The van der Waals surface area contributed by atoms with E-state index in [1.165, 1.54) is 11.3 Å². The maximum Gasteiger partial charge on any atom is 0.267 e. The van der Waals surface area contributed by atoms with Crippen LogP contribution in [0.2, 0.25) is 5.02 Å². The van der Waals surface area contributed by atoms with Crippen molar-refractivity contribution in [3.63, 3.8) is 0 Å². The van der Waals surface area contributed by atoms with Gasteiger partial charge in [-0.2, -0.15) is 0 Å². The number of carbonyl (C=O) groups excluding carboxylic acids is 1. The van der Waals surface area contributed by atoms with E-state index in [1.54, 1.807) is 36.0 Å². The van der Waals surface area contributed by atoms with Gasteiger partial charge in [0.25, 0.3) is 5.91 Å². The molecule has 124 valence electrons. The van der Waals surface area contributed by atoms with Gasteiger partial charge in [-0.05, 0) is 24.6 Å². The Balaban J connectivity index is 1.98. The molecule has 2 rings (SSSR count). The number of anilines is 1. The molecule has 1 amide bonds. The molecule has 0 unspecified atom stereocenters. The van der Waals surface area contributed by atoms with Gasteiger partial charge in [-0.3, -0.25) is 10.1 Å². The van der Waals surface area contributed by atoms with E-state index in [4.69, 9.17) is 16.3 Å². The number of ether oxygens (including phenoxy) is 1. The van der Waals surface area contributed by atoms with Gasteiger partial charge in [-0.15, -0.1) is 10.2 Å². The highest BCUT2D eigenvalue weighted by Gasteiger charge is 2.20. The van der Waals surface area contributed by atoms with Gasteiger partial charge in [0.1, 0.15) is 5.75 Å². The first-order valence-electron chi connectivity index (χ1n) is 7.21. The van der Waals surface area contributed by atoms with E-state index in [2.05, 4.69) is 29.4 Å². The van der Waals surface area contributed by atoms with Crippen LogP contribution in [0.4, 0.5) is 5.13 Å². The SMILES string of the molecule is CC[C@H](Oc1cccc(Cl)c1)C(=O)Nc1nnc(SC(C)C)s1. The van der Waals surface area contributed by atoms with Crippen molar-refractivity contribution < 1.29 is 9.53 Å². The third-order valence-corrected chi connectivity index (χ3v) is 4.87. The summed E-state index contributed by atoms with van der Waals surface area (Å²) in [6, 6.07) is 6.98. The van der Waals surface area contributed by atoms with E-state index in [1.807, 2.05) is 6.92 Å². The van der Waals surface area contributed by atoms with Crippen molar-refractivity contribution in [2.24, 2.45) is 0 Å². The van der Waals surface area contributed by atoms with E-state index in [0.29, 0.717) is 27.6 Å². The molecule has 0 aliphatic carbocycles. The average Bonchev–Trinajstić information content (AvgIpc) is 2.91. The van der Waals surface area contributed by atoms with Crippen LogP contribution in [0.5, 0.6) is 5.75 Å². The summed E-state index contributed by atoms with van der Waals surface area (Å²) < 4.78 is 6.54. The Morgan fingerprint density at radius 2 is 2.22 bits per heavy atom. The Hall–Kier alpha value is -1.31. The molecule has 1 heterocycles. The Morgan fingerprint density at radius 3 is 2.87 bits per heavy atom. The lowest BCUT2D eigenvalue weighted by Gasteiger charge is -2.16. The summed E-state index contributed by atoms with van der Waals surface area (Å²) in [5, 5.41) is 12.3. The molecule has 1 aromatic heterocycles. The van der Waals surface area contributed by atoms with E-state index in [0.717, 1.165) is 4.34 Å². The highest BCUT2D eigenvalue weighted by molar-refractivity contribution is 8.01. The smallest absolute Gasteiger partial charge is 0.267 e. The predicted octanol–water partition coefficient (Wildman–Crippen LogP) is 4.49. The fourth-order valence-corrected chi connectivity index (χ4v) is 3.88. The number of hydrogen-bond donors (Lipinski definition) is 1. The van der Waals surface area contributed by atoms with Gasteiger partial charge in [0.05, 0.1) is 0 Å². The molecule has 0 radical (unpaired) electrons. The second-order valence-electron chi connectivity index (χ2n) is 5.00. The van der Waals surface area contributed by atoms with Crippen LogP contribution in [-0.4, -0.2) is 27.5 Å². The van der Waals surface area contributed by atoms with E-state index in [-0.39, 0.29) is 5.91 Å². The number of aromatic nitrogens is 2. The summed E-state index contributed by atoms with van der Waals surface area (Å²) in [7, 11) is 0. The second-order valence-corrected chi connectivity index (χ2v) is 8.24. The largest absolute Gasteiger partial charge is 0.481 e. The molecule has 0 aliphatic rings. The first-order chi connectivity index (χ1) is 11.0. The van der Waals surface area contributed by atoms with E-state index < -0.39 is 6.10 Å². The standard InChI is InChI=1S/C15H18ClN3O2S2/c1-4-12(21-11-7-5-6-10(16)8-11)13(20)17-14-18-19-15(23-14)22-9(2)3/h5-9,12H,4H2,1-3H3,(H,17,18,20)/t12-/m0/s1. The number of nitrogens with zero attached hydrogens (tertiary/aromatic N) is 2. The summed E-state index contributed by atoms with van der Waals surface area (Å²) in [6.07, 6.45) is -0.0799. The van der Waals surface area contributed by atoms with E-state index >= 15 is 0 Å². The van der Waals surface area contributed by atoms with Gasteiger partial charge in [0.2, 0.25) is 5.13 Å². The molecule has 1 N–H and O–H groups in total. The molecule has 0 spiro atoms. The van der Waals surface area contributed by atoms with Gasteiger partial charge >= 0.3 is 0 Å². The molecule has 0 bridgehead atoms. The third kappa shape index (κ3) is 5.67. The van der Waals surface area contributed by atoms with Gasteiger partial charge in [-0.25, -0.2) is 0 Å². The van der Waals surface area contributed by atoms with Crippen LogP contribution in [0.1, 0.15) is 27.2 Å². The molecule has 8 heteroatoms. The number of benzene rings is 1. The lowest BCUT2D eigenvalue weighted by Crippen LogP contribution is -2.32. The van der Waals surface area contributed by atoms with Crippen LogP contribution in [0.15, 0.2) is 28.6 Å². The fourth-order valence-electron chi connectivity index (χ4n) is 1.72. The van der Waals surface area contributed by atoms with Crippen LogP contribution in [-0.2, 0) is 4.79 Å². The average molecular weight is 372 g/mol. The molecule has 5 nitrogen and oxygen atoms in total. The van der Waals surface area contributed by atoms with Crippen LogP contribution in [0.25, 0.3) is 0 Å². The normalized spacial score (nSPS) is 12.2. The zero-order valence-corrected chi connectivity index (χ0v) is 15.5. The van der Waals surface area contributed by atoms with Crippen molar-refractivity contribution in [3.05, 3.63) is 29.3 Å². The molecular formula is C15H18ClN3O2S2. The number of amides is 1. The van der Waals surface area contributed by atoms with Crippen molar-refractivity contribution in [3.8, 4) is 5.75 Å². The molecule has 1 aromatic carbocycles. The minimum Gasteiger partial charge on any atom is -0.481 e. The Kier molecular flexibility index (Phi) is 6.68. The topological polar surface area (TPSA) is 64.1 Å². The predicted molar refractivity (Wildman–Crippen MR) is 95.7 cm³/mol. The lowest BCUT2D eigenvalue weighted by atomic mass is 10.2. The summed E-state index contributed by atoms with van der Waals surface area (Å²) >= 11 is 8.90. The van der Waals surface area contributed by atoms with Crippen LogP contribution in [0.3, 0.4) is 0 Å². The summed E-state index contributed by atoms with van der Waals surface area (Å²) in [6.45, 7) is 6.04. The molecular weight excluding hydrogens is 354 g/mol. The Morgan fingerprint density at radius 1 is 1.43 bits per heavy atom. The first-order valence-corrected chi connectivity index (χ1v) is 9.28. The maximum absolute atomic E-state index is 12.3. The van der Waals surface area contributed by atoms with Gasteiger partial charge in [0, 0.05) is 10.3 Å². The number of thioether (sulfide) groups is 1. The molecule has 23 heavy (non-hydrogen) atoms. The van der Waals surface area contributed by atoms with Crippen molar-refractivity contribution in [2.45, 2.75) is 42.9 Å². The minimum absolute atomic E-state index is 0.246. The van der Waals surface area contributed by atoms with E-state index in [9.17, 15) is 4.79 Å². The minimum atomic E-state index is -0.612. The molecule has 0 saturated carbocycles. The van der Waals surface area contributed by atoms with Crippen LogP contribution in [0, 0.1) is 0 Å². The quantitative estimate of drug-likeness (QED) is 0.574. The first kappa shape index (κ1) is 18.0. The third-order valence-electron chi connectivity index (χ3n) is 2.71. The van der Waals surface area contributed by atoms with Gasteiger partial charge < -0.3 is 4.74 Å². The van der Waals surface area contributed by atoms with Crippen molar-refractivity contribution in [1.82, 2.24) is 10.2 Å². The second kappa shape index (κ2) is 8.52. The van der Waals surface area contributed by atoms with Crippen molar-refractivity contribution in [2.75, 3.05) is 5.32 Å². The molecule has 0 aliphatic heterocycles. The van der Waals surface area contributed by atoms with Crippen molar-refractivity contribution >= 4 is 45.7 Å². The number of rotatable bonds is 7. The van der Waals surface area contributed by atoms with Crippen LogP contribution < -0.4 is 10.1 Å². The monoisotopic (exact) mass is 371 g/mol. The Bertz CT molecular complexity index is 664. The molecule has 2 aromatic rings. The number of hydrogen-bond acceptors (Lipinski definition) is 6. The highest BCUT2D eigenvalue weighted by atomic mass is 35.5. The van der Waals surface area contributed by atoms with Gasteiger partial charge in [-0.1, -0.05) is 61.5 Å². The summed E-state index contributed by atoms with van der Waals surface area (Å²) in [5.74, 6) is 0.317. The summed E-state index contributed by atoms with van der Waals surface area (Å²) in [5.41, 5.74) is 0. The number of carbonyl (C=O) groups is 1. The fraction of sp³-hybridized carbons (Fsp3) is 0.400. The van der Waals surface area contributed by atoms with Gasteiger partial charge in [0.15, 0.2) is 10.4 Å². The maximum atomic E-state index is 12.3. The number of nitrogens with one attached hydrogen (secondary N) is 1. The van der Waals surface area contributed by atoms with Crippen molar-refractivity contribution in [1.29, 1.82) is 0 Å². The molecule has 1 atom stereocenters.